The number of hydrogen-bond acceptors (Lipinski definition) is 4. The molecule has 2 heterocycles. The Kier molecular flexibility index (Phi) is 2.76. The minimum Gasteiger partial charge on any atom is -0.496 e. The van der Waals surface area contributed by atoms with E-state index >= 15 is 0 Å². The summed E-state index contributed by atoms with van der Waals surface area (Å²) in [7, 11) is 1.46. The third kappa shape index (κ3) is 1.79. The zero-order valence-corrected chi connectivity index (χ0v) is 10.2. The van der Waals surface area contributed by atoms with Crippen molar-refractivity contribution >= 4 is 21.8 Å². The number of benzene rings is 1. The number of methoxy groups -OCH3 is 1. The fourth-order valence-electron chi connectivity index (χ4n) is 2.16. The van der Waals surface area contributed by atoms with E-state index < -0.39 is 5.82 Å². The average Bonchev–Trinajstić information content (AvgIpc) is 2.46. The van der Waals surface area contributed by atoms with Gasteiger partial charge < -0.3 is 9.84 Å². The van der Waals surface area contributed by atoms with Crippen LogP contribution in [-0.4, -0.2) is 22.2 Å². The minimum absolute atomic E-state index is 0.239. The van der Waals surface area contributed by atoms with E-state index in [0.29, 0.717) is 27.9 Å². The van der Waals surface area contributed by atoms with E-state index in [4.69, 9.17) is 4.74 Å². The number of aliphatic hydroxyl groups excluding tert-OH is 1. The predicted octanol–water partition coefficient (Wildman–Crippen LogP) is 2.42. The van der Waals surface area contributed by atoms with E-state index in [1.54, 1.807) is 18.3 Å². The molecule has 0 fully saturated rings. The Hall–Kier alpha value is -2.27. The molecule has 0 saturated carbocycles. The molecule has 5 heteroatoms. The summed E-state index contributed by atoms with van der Waals surface area (Å²) < 4.78 is 19.4. The lowest BCUT2D eigenvalue weighted by Crippen LogP contribution is -1.97. The van der Waals surface area contributed by atoms with Crippen molar-refractivity contribution in [2.24, 2.45) is 0 Å². The van der Waals surface area contributed by atoms with Crippen LogP contribution < -0.4 is 4.74 Å². The highest BCUT2D eigenvalue weighted by atomic mass is 19.1. The molecule has 0 aliphatic heterocycles. The first-order valence-electron chi connectivity index (χ1n) is 5.76. The summed E-state index contributed by atoms with van der Waals surface area (Å²) in [5.74, 6) is -0.0663. The maximum atomic E-state index is 14.2. The lowest BCUT2D eigenvalue weighted by molar-refractivity contribution is 0.276. The van der Waals surface area contributed by atoms with Crippen molar-refractivity contribution in [2.75, 3.05) is 7.11 Å². The average molecular weight is 258 g/mol. The van der Waals surface area contributed by atoms with Crippen molar-refractivity contribution in [1.29, 1.82) is 0 Å². The first kappa shape index (κ1) is 11.8. The third-order valence-corrected chi connectivity index (χ3v) is 3.00. The molecule has 1 aromatic carbocycles. The summed E-state index contributed by atoms with van der Waals surface area (Å²) >= 11 is 0. The molecular weight excluding hydrogens is 247 g/mol. The molecule has 0 aliphatic rings. The van der Waals surface area contributed by atoms with Gasteiger partial charge in [0.25, 0.3) is 0 Å². The molecule has 3 aromatic rings. The van der Waals surface area contributed by atoms with E-state index in [9.17, 15) is 9.50 Å². The number of hydrogen-bond donors (Lipinski definition) is 1. The van der Waals surface area contributed by atoms with E-state index in [-0.39, 0.29) is 12.0 Å². The first-order chi connectivity index (χ1) is 9.24. The van der Waals surface area contributed by atoms with Crippen LogP contribution >= 0.6 is 0 Å². The van der Waals surface area contributed by atoms with Gasteiger partial charge in [-0.3, -0.25) is 4.98 Å². The van der Waals surface area contributed by atoms with Crippen molar-refractivity contribution in [3.05, 3.63) is 42.0 Å². The maximum Gasteiger partial charge on any atom is 0.137 e. The van der Waals surface area contributed by atoms with Crippen LogP contribution in [0.4, 0.5) is 4.39 Å². The van der Waals surface area contributed by atoms with Crippen LogP contribution in [0.2, 0.25) is 0 Å². The molecule has 2 aromatic heterocycles. The van der Waals surface area contributed by atoms with Crippen LogP contribution in [0.15, 0.2) is 30.5 Å². The molecule has 0 amide bonds. The highest BCUT2D eigenvalue weighted by Crippen LogP contribution is 2.32. The number of halogens is 1. The summed E-state index contributed by atoms with van der Waals surface area (Å²) in [5, 5.41) is 10.2. The van der Waals surface area contributed by atoms with Crippen molar-refractivity contribution in [1.82, 2.24) is 9.97 Å². The standard InChI is InChI=1S/C14H11FN2O2/c1-19-11-6-9(7-18)17-14-12(11)10(15)5-8-3-2-4-16-13(8)14/h2-6,18H,7H2,1H3. The number of pyridine rings is 2. The first-order valence-corrected chi connectivity index (χ1v) is 5.76. The Morgan fingerprint density at radius 3 is 2.89 bits per heavy atom. The molecule has 0 radical (unpaired) electrons. The number of rotatable bonds is 2. The van der Waals surface area contributed by atoms with Gasteiger partial charge in [0.05, 0.1) is 30.3 Å². The van der Waals surface area contributed by atoms with Gasteiger partial charge in [-0.15, -0.1) is 0 Å². The monoisotopic (exact) mass is 258 g/mol. The second-order valence-electron chi connectivity index (χ2n) is 4.13. The van der Waals surface area contributed by atoms with Crippen LogP contribution in [-0.2, 0) is 6.61 Å². The summed E-state index contributed by atoms with van der Waals surface area (Å²) in [6, 6.07) is 6.44. The largest absolute Gasteiger partial charge is 0.496 e. The number of fused-ring (bicyclic) bond motifs is 3. The fourth-order valence-corrected chi connectivity index (χ4v) is 2.16. The van der Waals surface area contributed by atoms with Gasteiger partial charge in [-0.05, 0) is 12.1 Å². The number of aromatic nitrogens is 2. The zero-order valence-electron chi connectivity index (χ0n) is 10.2. The van der Waals surface area contributed by atoms with Gasteiger partial charge in [-0.1, -0.05) is 6.07 Å². The lowest BCUT2D eigenvalue weighted by atomic mass is 10.1. The maximum absolute atomic E-state index is 14.2. The highest BCUT2D eigenvalue weighted by Gasteiger charge is 2.14. The molecule has 3 rings (SSSR count). The molecule has 96 valence electrons. The summed E-state index contributed by atoms with van der Waals surface area (Å²) in [6.07, 6.45) is 1.62. The van der Waals surface area contributed by atoms with Crippen LogP contribution in [0.25, 0.3) is 21.8 Å². The van der Waals surface area contributed by atoms with Gasteiger partial charge in [0, 0.05) is 17.6 Å². The van der Waals surface area contributed by atoms with Gasteiger partial charge in [0.1, 0.15) is 17.1 Å². The van der Waals surface area contributed by atoms with Crippen LogP contribution in [0.5, 0.6) is 5.75 Å². The van der Waals surface area contributed by atoms with Crippen LogP contribution in [0.3, 0.4) is 0 Å². The molecule has 19 heavy (non-hydrogen) atoms. The lowest BCUT2D eigenvalue weighted by Gasteiger charge is -2.10. The van der Waals surface area contributed by atoms with Gasteiger partial charge in [0.2, 0.25) is 0 Å². The van der Waals surface area contributed by atoms with Crippen molar-refractivity contribution in [3.8, 4) is 5.75 Å². The third-order valence-electron chi connectivity index (χ3n) is 3.00. The predicted molar refractivity (Wildman–Crippen MR) is 69.5 cm³/mol. The van der Waals surface area contributed by atoms with Crippen LogP contribution in [0, 0.1) is 5.82 Å². The normalized spacial score (nSPS) is 11.1. The van der Waals surface area contributed by atoms with E-state index in [0.717, 1.165) is 0 Å². The Labute approximate surface area is 108 Å². The van der Waals surface area contributed by atoms with Crippen molar-refractivity contribution in [2.45, 2.75) is 6.61 Å². The number of aliphatic hydroxyl groups is 1. The fraction of sp³-hybridized carbons (Fsp3) is 0.143. The van der Waals surface area contributed by atoms with Crippen molar-refractivity contribution in [3.63, 3.8) is 0 Å². The molecule has 4 nitrogen and oxygen atoms in total. The number of ether oxygens (including phenoxy) is 1. The highest BCUT2D eigenvalue weighted by molar-refractivity contribution is 6.05. The quantitative estimate of drug-likeness (QED) is 0.717. The Morgan fingerprint density at radius 1 is 1.32 bits per heavy atom. The molecule has 0 saturated heterocycles. The van der Waals surface area contributed by atoms with Crippen molar-refractivity contribution < 1.29 is 14.2 Å². The molecular formula is C14H11FN2O2. The second-order valence-corrected chi connectivity index (χ2v) is 4.13. The minimum atomic E-state index is -0.413. The SMILES string of the molecule is COc1cc(CO)nc2c1c(F)cc1cccnc12. The van der Waals surface area contributed by atoms with E-state index in [1.165, 1.54) is 19.2 Å². The van der Waals surface area contributed by atoms with Gasteiger partial charge >= 0.3 is 0 Å². The molecule has 0 spiro atoms. The Morgan fingerprint density at radius 2 is 2.16 bits per heavy atom. The Bertz CT molecular complexity index is 774. The zero-order chi connectivity index (χ0) is 13.4. The topological polar surface area (TPSA) is 55.2 Å². The van der Waals surface area contributed by atoms with E-state index in [1.807, 2.05) is 0 Å². The van der Waals surface area contributed by atoms with Gasteiger partial charge in [-0.25, -0.2) is 9.37 Å². The number of nitrogens with zero attached hydrogens (tertiary/aromatic N) is 2. The summed E-state index contributed by atoms with van der Waals surface area (Å²) in [4.78, 5) is 8.49. The summed E-state index contributed by atoms with van der Waals surface area (Å²) in [6.45, 7) is -0.239. The van der Waals surface area contributed by atoms with Crippen LogP contribution in [0.1, 0.15) is 5.69 Å². The van der Waals surface area contributed by atoms with E-state index in [2.05, 4.69) is 9.97 Å². The second kappa shape index (κ2) is 4.44. The molecule has 0 aliphatic carbocycles. The molecule has 1 N–H and O–H groups in total. The smallest absolute Gasteiger partial charge is 0.137 e. The Balaban J connectivity index is 2.55. The van der Waals surface area contributed by atoms with Gasteiger partial charge in [-0.2, -0.15) is 0 Å². The molecule has 0 unspecified atom stereocenters. The molecule has 0 bridgehead atoms. The summed E-state index contributed by atoms with van der Waals surface area (Å²) in [5.41, 5.74) is 1.41. The van der Waals surface area contributed by atoms with Gasteiger partial charge in [0.15, 0.2) is 0 Å². The molecule has 0 atom stereocenters.